The quantitative estimate of drug-likeness (QED) is 0.137. The fraction of sp³-hybridized carbons (Fsp3) is 0.0312. The predicted octanol–water partition coefficient (Wildman–Crippen LogP) is 16.6. The molecule has 0 aliphatic rings. The van der Waals surface area contributed by atoms with Gasteiger partial charge in [0.05, 0.1) is 5.69 Å². The molecule has 0 N–H and O–H groups in total. The van der Waals surface area contributed by atoms with Crippen LogP contribution in [0.1, 0.15) is 11.1 Å². The Labute approximate surface area is 398 Å². The van der Waals surface area contributed by atoms with Gasteiger partial charge in [-0.05, 0) is 117 Å². The Morgan fingerprint density at radius 3 is 1.19 bits per heavy atom. The van der Waals surface area contributed by atoms with Gasteiger partial charge in [-0.2, -0.15) is 0 Å². The number of hydrogen-bond acceptors (Lipinski definition) is 4. The van der Waals surface area contributed by atoms with Crippen molar-refractivity contribution in [3.8, 4) is 112 Å². The van der Waals surface area contributed by atoms with Gasteiger partial charge in [0.1, 0.15) is 0 Å². The van der Waals surface area contributed by atoms with Crippen LogP contribution in [-0.2, 0) is 0 Å². The number of aryl methyl sites for hydroxylation is 2. The summed E-state index contributed by atoms with van der Waals surface area (Å²) in [5.74, 6) is 1.74. The minimum Gasteiger partial charge on any atom is -0.255 e. The average Bonchev–Trinajstić information content (AvgIpc) is 3.41. The van der Waals surface area contributed by atoms with Crippen LogP contribution in [-0.4, -0.2) is 19.9 Å². The molecule has 11 rings (SSSR count). The van der Waals surface area contributed by atoms with Gasteiger partial charge in [-0.15, -0.1) is 0 Å². The normalized spacial score (nSPS) is 11.1. The zero-order chi connectivity index (χ0) is 45.8. The smallest absolute Gasteiger partial charge is 0.165 e. The first-order chi connectivity index (χ1) is 33.5. The zero-order valence-corrected chi connectivity index (χ0v) is 37.9. The van der Waals surface area contributed by atoms with E-state index in [2.05, 4.69) is 208 Å². The van der Waals surface area contributed by atoms with Crippen LogP contribution in [0.25, 0.3) is 112 Å². The van der Waals surface area contributed by atoms with Crippen molar-refractivity contribution in [3.05, 3.63) is 254 Å². The summed E-state index contributed by atoms with van der Waals surface area (Å²) < 4.78 is 0. The summed E-state index contributed by atoms with van der Waals surface area (Å²) in [6, 6.07) is 83.4. The number of benzene rings is 9. The Kier molecular flexibility index (Phi) is 11.4. The molecule has 4 nitrogen and oxygen atoms in total. The Bertz CT molecular complexity index is 3470. The number of rotatable bonds is 10. The molecule has 0 aliphatic heterocycles. The van der Waals surface area contributed by atoms with Crippen LogP contribution >= 0.6 is 0 Å². The van der Waals surface area contributed by atoms with Crippen molar-refractivity contribution in [3.63, 3.8) is 0 Å². The van der Waals surface area contributed by atoms with E-state index in [0.29, 0.717) is 17.5 Å². The summed E-state index contributed by atoms with van der Waals surface area (Å²) in [5, 5.41) is 0. The minimum absolute atomic E-state index is 0.551. The van der Waals surface area contributed by atoms with Crippen molar-refractivity contribution < 1.29 is 0 Å². The van der Waals surface area contributed by atoms with Crippen molar-refractivity contribution in [1.29, 1.82) is 0 Å². The Morgan fingerprint density at radius 1 is 0.235 bits per heavy atom. The van der Waals surface area contributed by atoms with Crippen molar-refractivity contribution in [1.82, 2.24) is 19.9 Å². The van der Waals surface area contributed by atoms with E-state index in [1.54, 1.807) is 0 Å². The van der Waals surface area contributed by atoms with E-state index < -0.39 is 0 Å². The topological polar surface area (TPSA) is 51.6 Å². The summed E-state index contributed by atoms with van der Waals surface area (Å²) >= 11 is 0. The first-order valence-corrected chi connectivity index (χ1v) is 23.0. The summed E-state index contributed by atoms with van der Waals surface area (Å²) in [6.45, 7) is 4.34. The number of pyridine rings is 1. The lowest BCUT2D eigenvalue weighted by molar-refractivity contribution is 1.07. The molecule has 322 valence electrons. The molecule has 0 fully saturated rings. The standard InChI is InChI=1S/C64H46N4/c1-43-35-44(2)37-53(36-43)56-28-16-17-29-57(56)59-33-31-49(41-60(59)58-30-18-15-27-55(58)47-23-11-5-12-24-47)61-34-32-50(42-65-61)63-66-62(48-25-13-6-14-26-48)67-64(68-63)54-39-51(45-19-7-3-8-20-45)38-52(40-54)46-21-9-4-10-22-46/h3-42H,1-2H3. The van der Waals surface area contributed by atoms with Crippen LogP contribution in [0.3, 0.4) is 0 Å². The van der Waals surface area contributed by atoms with Gasteiger partial charge in [0.2, 0.25) is 0 Å². The van der Waals surface area contributed by atoms with E-state index in [1.807, 2.05) is 48.7 Å². The molecule has 68 heavy (non-hydrogen) atoms. The number of hydrogen-bond donors (Lipinski definition) is 0. The van der Waals surface area contributed by atoms with Gasteiger partial charge >= 0.3 is 0 Å². The molecular formula is C64H46N4. The first kappa shape index (κ1) is 41.8. The zero-order valence-electron chi connectivity index (χ0n) is 37.9. The van der Waals surface area contributed by atoms with Crippen LogP contribution in [0.2, 0.25) is 0 Å². The highest BCUT2D eigenvalue weighted by atomic mass is 15.0. The van der Waals surface area contributed by atoms with E-state index in [4.69, 9.17) is 19.9 Å². The molecule has 0 atom stereocenters. The molecule has 2 aromatic heterocycles. The van der Waals surface area contributed by atoms with Crippen molar-refractivity contribution in [2.75, 3.05) is 0 Å². The van der Waals surface area contributed by atoms with Crippen molar-refractivity contribution >= 4 is 0 Å². The van der Waals surface area contributed by atoms with E-state index in [0.717, 1.165) is 66.9 Å². The second-order valence-corrected chi connectivity index (χ2v) is 17.2. The van der Waals surface area contributed by atoms with E-state index in [1.165, 1.54) is 38.9 Å². The minimum atomic E-state index is 0.551. The lowest BCUT2D eigenvalue weighted by Gasteiger charge is -2.19. The highest BCUT2D eigenvalue weighted by Crippen LogP contribution is 2.43. The summed E-state index contributed by atoms with van der Waals surface area (Å²) in [5.41, 5.74) is 20.7. The largest absolute Gasteiger partial charge is 0.255 e. The van der Waals surface area contributed by atoms with Crippen molar-refractivity contribution in [2.24, 2.45) is 0 Å². The maximum Gasteiger partial charge on any atom is 0.165 e. The maximum atomic E-state index is 5.19. The van der Waals surface area contributed by atoms with E-state index in [-0.39, 0.29) is 0 Å². The fourth-order valence-corrected chi connectivity index (χ4v) is 9.25. The predicted molar refractivity (Wildman–Crippen MR) is 281 cm³/mol. The van der Waals surface area contributed by atoms with Crippen LogP contribution in [0.4, 0.5) is 0 Å². The molecule has 11 aromatic rings. The lowest BCUT2D eigenvalue weighted by Crippen LogP contribution is -2.01. The monoisotopic (exact) mass is 870 g/mol. The third kappa shape index (κ3) is 8.67. The van der Waals surface area contributed by atoms with E-state index >= 15 is 0 Å². The average molecular weight is 871 g/mol. The summed E-state index contributed by atoms with van der Waals surface area (Å²) in [6.07, 6.45) is 1.89. The van der Waals surface area contributed by atoms with Crippen LogP contribution < -0.4 is 0 Å². The van der Waals surface area contributed by atoms with Crippen molar-refractivity contribution in [2.45, 2.75) is 13.8 Å². The van der Waals surface area contributed by atoms with Gasteiger partial charge in [-0.1, -0.05) is 211 Å². The Hall–Kier alpha value is -8.86. The number of aromatic nitrogens is 4. The van der Waals surface area contributed by atoms with Gasteiger partial charge in [-0.3, -0.25) is 4.98 Å². The molecule has 9 aromatic carbocycles. The number of nitrogens with zero attached hydrogens (tertiary/aromatic N) is 4. The molecular weight excluding hydrogens is 825 g/mol. The molecule has 0 amide bonds. The maximum absolute atomic E-state index is 5.19. The van der Waals surface area contributed by atoms with Gasteiger partial charge in [0, 0.05) is 28.5 Å². The van der Waals surface area contributed by atoms with Crippen LogP contribution in [0.5, 0.6) is 0 Å². The molecule has 0 spiro atoms. The first-order valence-electron chi connectivity index (χ1n) is 23.0. The van der Waals surface area contributed by atoms with Gasteiger partial charge in [0.15, 0.2) is 17.5 Å². The lowest BCUT2D eigenvalue weighted by atomic mass is 9.85. The second-order valence-electron chi connectivity index (χ2n) is 17.2. The molecule has 0 radical (unpaired) electrons. The fourth-order valence-electron chi connectivity index (χ4n) is 9.25. The molecule has 0 saturated carbocycles. The summed E-state index contributed by atoms with van der Waals surface area (Å²) in [7, 11) is 0. The molecule has 4 heteroatoms. The Balaban J connectivity index is 1.04. The molecule has 0 unspecified atom stereocenters. The van der Waals surface area contributed by atoms with Gasteiger partial charge < -0.3 is 0 Å². The van der Waals surface area contributed by atoms with E-state index in [9.17, 15) is 0 Å². The second kappa shape index (κ2) is 18.6. The molecule has 0 saturated heterocycles. The Morgan fingerprint density at radius 2 is 0.647 bits per heavy atom. The molecule has 0 bridgehead atoms. The third-order valence-corrected chi connectivity index (χ3v) is 12.5. The van der Waals surface area contributed by atoms with Crippen LogP contribution in [0, 0.1) is 13.8 Å². The highest BCUT2D eigenvalue weighted by Gasteiger charge is 2.19. The SMILES string of the molecule is Cc1cc(C)cc(-c2ccccc2-c2ccc(-c3ccc(-c4nc(-c5ccccc5)nc(-c5cc(-c6ccccc6)cc(-c6ccccc6)c5)n4)cn3)cc2-c2ccccc2-c2ccccc2)c1. The highest BCUT2D eigenvalue weighted by molar-refractivity contribution is 5.97. The van der Waals surface area contributed by atoms with Crippen LogP contribution in [0.15, 0.2) is 243 Å². The summed E-state index contributed by atoms with van der Waals surface area (Å²) in [4.78, 5) is 20.5. The van der Waals surface area contributed by atoms with Gasteiger partial charge in [-0.25, -0.2) is 15.0 Å². The molecule has 2 heterocycles. The van der Waals surface area contributed by atoms with Gasteiger partial charge in [0.25, 0.3) is 0 Å². The molecule has 0 aliphatic carbocycles. The third-order valence-electron chi connectivity index (χ3n) is 12.5.